The van der Waals surface area contributed by atoms with Crippen LogP contribution >= 0.6 is 31.9 Å². The number of benzene rings is 2. The molecule has 4 rings (SSSR count). The van der Waals surface area contributed by atoms with Gasteiger partial charge in [-0.2, -0.15) is 0 Å². The van der Waals surface area contributed by atoms with Crippen LogP contribution in [0.3, 0.4) is 0 Å². The third kappa shape index (κ3) is 3.86. The van der Waals surface area contributed by atoms with E-state index in [2.05, 4.69) is 54.1 Å². The Balaban J connectivity index is 1.57. The van der Waals surface area contributed by atoms with Gasteiger partial charge in [-0.3, -0.25) is 9.78 Å². The van der Waals surface area contributed by atoms with E-state index in [0.717, 1.165) is 32.0 Å². The lowest BCUT2D eigenvalue weighted by atomic mass is 10.1. The first-order valence-corrected chi connectivity index (χ1v) is 10.2. The smallest absolute Gasteiger partial charge is 0.257 e. The number of hydrogen-bond acceptors (Lipinski definition) is 4. The molecule has 28 heavy (non-hydrogen) atoms. The second-order valence-electron chi connectivity index (χ2n) is 6.22. The Labute approximate surface area is 178 Å². The van der Waals surface area contributed by atoms with E-state index < -0.39 is 0 Å². The third-order valence-electron chi connectivity index (χ3n) is 4.27. The summed E-state index contributed by atoms with van der Waals surface area (Å²) in [7, 11) is 0. The van der Waals surface area contributed by atoms with Gasteiger partial charge in [-0.15, -0.1) is 0 Å². The number of pyridine rings is 1. The van der Waals surface area contributed by atoms with Gasteiger partial charge >= 0.3 is 0 Å². The topological polar surface area (TPSA) is 68.0 Å². The van der Waals surface area contributed by atoms with E-state index >= 15 is 0 Å². The molecular formula is C21H15Br2N3O2. The minimum Gasteiger partial charge on any atom is -0.435 e. The van der Waals surface area contributed by atoms with Crippen LogP contribution in [0, 0.1) is 0 Å². The zero-order chi connectivity index (χ0) is 19.7. The fourth-order valence-electron chi connectivity index (χ4n) is 2.81. The largest absolute Gasteiger partial charge is 0.435 e. The van der Waals surface area contributed by atoms with Gasteiger partial charge in [0.25, 0.3) is 5.91 Å². The molecule has 0 atom stereocenters. The Bertz CT molecular complexity index is 1170. The van der Waals surface area contributed by atoms with Gasteiger partial charge in [0.15, 0.2) is 5.58 Å². The maximum absolute atomic E-state index is 12.3. The molecule has 0 radical (unpaired) electrons. The predicted molar refractivity (Wildman–Crippen MR) is 116 cm³/mol. The highest BCUT2D eigenvalue weighted by molar-refractivity contribution is 9.11. The molecule has 0 aliphatic heterocycles. The van der Waals surface area contributed by atoms with E-state index in [0.29, 0.717) is 17.1 Å². The van der Waals surface area contributed by atoms with Crippen LogP contribution in [0.1, 0.15) is 22.8 Å². The molecule has 0 saturated heterocycles. The van der Waals surface area contributed by atoms with E-state index in [4.69, 9.17) is 4.42 Å². The molecular weight excluding hydrogens is 486 g/mol. The molecule has 5 nitrogen and oxygen atoms in total. The number of aromatic nitrogens is 2. The lowest BCUT2D eigenvalue weighted by Crippen LogP contribution is -2.12. The first-order valence-electron chi connectivity index (χ1n) is 8.65. The van der Waals surface area contributed by atoms with Gasteiger partial charge in [-0.05, 0) is 86.3 Å². The second kappa shape index (κ2) is 7.85. The van der Waals surface area contributed by atoms with Crippen LogP contribution in [0.5, 0.6) is 0 Å². The van der Waals surface area contributed by atoms with Gasteiger partial charge in [0.2, 0.25) is 5.89 Å². The first kappa shape index (κ1) is 18.8. The Hall–Kier alpha value is -2.51. The SMILES string of the molecule is CCc1cc(Br)c2oc(-c3ccc(NC(=O)c4cncc(Br)c4)cc3)nc2c1. The summed E-state index contributed by atoms with van der Waals surface area (Å²) in [6.45, 7) is 2.10. The summed E-state index contributed by atoms with van der Waals surface area (Å²) in [5, 5.41) is 2.86. The molecule has 2 heterocycles. The van der Waals surface area contributed by atoms with E-state index in [1.54, 1.807) is 12.3 Å². The Morgan fingerprint density at radius 2 is 1.89 bits per heavy atom. The number of anilines is 1. The van der Waals surface area contributed by atoms with Crippen LogP contribution in [0.25, 0.3) is 22.6 Å². The summed E-state index contributed by atoms with van der Waals surface area (Å²) in [5.74, 6) is 0.317. The molecule has 0 aliphatic carbocycles. The molecule has 0 spiro atoms. The number of nitrogens with zero attached hydrogens (tertiary/aromatic N) is 2. The summed E-state index contributed by atoms with van der Waals surface area (Å²) in [6.07, 6.45) is 4.08. The molecule has 4 aromatic rings. The molecule has 7 heteroatoms. The fraction of sp³-hybridized carbons (Fsp3) is 0.0952. The Morgan fingerprint density at radius 1 is 1.11 bits per heavy atom. The fourth-order valence-corrected chi connectivity index (χ4v) is 3.75. The normalized spacial score (nSPS) is 11.0. The van der Waals surface area contributed by atoms with Crippen LogP contribution in [-0.2, 0) is 6.42 Å². The minimum atomic E-state index is -0.223. The summed E-state index contributed by atoms with van der Waals surface area (Å²) in [5.41, 5.74) is 4.74. The third-order valence-corrected chi connectivity index (χ3v) is 5.29. The Kier molecular flexibility index (Phi) is 5.28. The van der Waals surface area contributed by atoms with Crippen molar-refractivity contribution in [2.24, 2.45) is 0 Å². The van der Waals surface area contributed by atoms with Crippen molar-refractivity contribution in [3.8, 4) is 11.5 Å². The van der Waals surface area contributed by atoms with Gasteiger partial charge in [0.05, 0.1) is 10.0 Å². The van der Waals surface area contributed by atoms with E-state index in [9.17, 15) is 4.79 Å². The average Bonchev–Trinajstić information content (AvgIpc) is 3.13. The number of aryl methyl sites for hydroxylation is 1. The van der Waals surface area contributed by atoms with Crippen molar-refractivity contribution in [3.63, 3.8) is 0 Å². The van der Waals surface area contributed by atoms with Gasteiger partial charge in [-0.25, -0.2) is 4.98 Å². The predicted octanol–water partition coefficient (Wildman–Crippen LogP) is 6.23. The summed E-state index contributed by atoms with van der Waals surface area (Å²) >= 11 is 6.87. The van der Waals surface area contributed by atoms with Gasteiger partial charge < -0.3 is 9.73 Å². The van der Waals surface area contributed by atoms with Gasteiger partial charge in [0.1, 0.15) is 5.52 Å². The van der Waals surface area contributed by atoms with Gasteiger partial charge in [-0.1, -0.05) is 6.92 Å². The van der Waals surface area contributed by atoms with Crippen LogP contribution in [-0.4, -0.2) is 15.9 Å². The van der Waals surface area contributed by atoms with Crippen molar-refractivity contribution in [1.82, 2.24) is 9.97 Å². The quantitative estimate of drug-likeness (QED) is 0.360. The summed E-state index contributed by atoms with van der Waals surface area (Å²) in [6, 6.07) is 13.2. The summed E-state index contributed by atoms with van der Waals surface area (Å²) < 4.78 is 7.58. The number of amides is 1. The number of halogens is 2. The van der Waals surface area contributed by atoms with Crippen molar-refractivity contribution in [3.05, 3.63) is 74.9 Å². The summed E-state index contributed by atoms with van der Waals surface area (Å²) in [4.78, 5) is 20.9. The molecule has 2 aromatic carbocycles. The number of carbonyl (C=O) groups excluding carboxylic acids is 1. The monoisotopic (exact) mass is 499 g/mol. The highest BCUT2D eigenvalue weighted by Gasteiger charge is 2.13. The van der Waals surface area contributed by atoms with Crippen molar-refractivity contribution in [1.29, 1.82) is 0 Å². The van der Waals surface area contributed by atoms with E-state index in [-0.39, 0.29) is 5.91 Å². The number of oxazole rings is 1. The molecule has 0 fully saturated rings. The average molecular weight is 501 g/mol. The van der Waals surface area contributed by atoms with Crippen molar-refractivity contribution in [2.45, 2.75) is 13.3 Å². The van der Waals surface area contributed by atoms with Crippen LogP contribution in [0.15, 0.2) is 68.2 Å². The van der Waals surface area contributed by atoms with Crippen LogP contribution in [0.2, 0.25) is 0 Å². The Morgan fingerprint density at radius 3 is 2.61 bits per heavy atom. The number of fused-ring (bicyclic) bond motifs is 1. The standard InChI is InChI=1S/C21H15Br2N3O2/c1-2-12-7-17(23)19-18(8-12)26-21(28-19)13-3-5-16(6-4-13)25-20(27)14-9-15(22)11-24-10-14/h3-11H,2H2,1H3,(H,25,27). The van der Waals surface area contributed by atoms with Gasteiger partial charge in [0, 0.05) is 28.1 Å². The zero-order valence-corrected chi connectivity index (χ0v) is 18.0. The number of rotatable bonds is 4. The highest BCUT2D eigenvalue weighted by atomic mass is 79.9. The van der Waals surface area contributed by atoms with E-state index in [1.807, 2.05) is 36.4 Å². The highest BCUT2D eigenvalue weighted by Crippen LogP contribution is 2.31. The minimum absolute atomic E-state index is 0.223. The van der Waals surface area contributed by atoms with Crippen LogP contribution < -0.4 is 5.32 Å². The molecule has 0 saturated carbocycles. The molecule has 1 amide bonds. The zero-order valence-electron chi connectivity index (χ0n) is 14.9. The lowest BCUT2D eigenvalue weighted by Gasteiger charge is -2.05. The molecule has 0 unspecified atom stereocenters. The maximum Gasteiger partial charge on any atom is 0.257 e. The molecule has 0 bridgehead atoms. The number of nitrogens with one attached hydrogen (secondary N) is 1. The van der Waals surface area contributed by atoms with Crippen LogP contribution in [0.4, 0.5) is 5.69 Å². The number of carbonyl (C=O) groups is 1. The van der Waals surface area contributed by atoms with Crippen molar-refractivity contribution < 1.29 is 9.21 Å². The van der Waals surface area contributed by atoms with Crippen molar-refractivity contribution in [2.75, 3.05) is 5.32 Å². The second-order valence-corrected chi connectivity index (χ2v) is 7.99. The molecule has 140 valence electrons. The van der Waals surface area contributed by atoms with Crippen molar-refractivity contribution >= 4 is 54.6 Å². The van der Waals surface area contributed by atoms with E-state index in [1.165, 1.54) is 11.8 Å². The molecule has 1 N–H and O–H groups in total. The number of hydrogen-bond donors (Lipinski definition) is 1. The molecule has 0 aliphatic rings. The maximum atomic E-state index is 12.3. The molecule has 2 aromatic heterocycles. The lowest BCUT2D eigenvalue weighted by molar-refractivity contribution is 0.102. The first-order chi connectivity index (χ1) is 13.5.